The number of Topliss-reactive ketones (excluding diaryl/α,β-unsaturated/α-hetero) is 1. The Kier molecular flexibility index (Phi) is 6.52. The standard InChI is InChI=1S/C16H24N2O4/c1-16(2,3)18-10-13(20)9-17-14(15(21)22)8-11-4-6-12(19)7-5-11/h4-7,14,17-19H,8-10H2,1-3H3,(H,21,22)/t14-/m0/s1. The van der Waals surface area contributed by atoms with Gasteiger partial charge in [0.2, 0.25) is 0 Å². The maximum atomic E-state index is 11.8. The molecule has 6 nitrogen and oxygen atoms in total. The summed E-state index contributed by atoms with van der Waals surface area (Å²) in [6.45, 7) is 6.07. The molecule has 0 bridgehead atoms. The molecular weight excluding hydrogens is 284 g/mol. The van der Waals surface area contributed by atoms with Crippen LogP contribution in [0.4, 0.5) is 0 Å². The third-order valence-electron chi connectivity index (χ3n) is 3.04. The molecule has 6 heteroatoms. The topological polar surface area (TPSA) is 98.7 Å². The molecule has 0 saturated heterocycles. The predicted molar refractivity (Wildman–Crippen MR) is 84.0 cm³/mol. The highest BCUT2D eigenvalue weighted by molar-refractivity contribution is 5.83. The molecule has 0 aromatic heterocycles. The van der Waals surface area contributed by atoms with Crippen LogP contribution in [-0.2, 0) is 16.0 Å². The van der Waals surface area contributed by atoms with Gasteiger partial charge in [0.1, 0.15) is 11.8 Å². The fourth-order valence-corrected chi connectivity index (χ4v) is 1.78. The molecule has 0 aliphatic carbocycles. The summed E-state index contributed by atoms with van der Waals surface area (Å²) in [5, 5.41) is 24.3. The first kappa shape index (κ1) is 18.1. The van der Waals surface area contributed by atoms with Crippen molar-refractivity contribution >= 4 is 11.8 Å². The number of hydrogen-bond donors (Lipinski definition) is 4. The van der Waals surface area contributed by atoms with Gasteiger partial charge in [0.25, 0.3) is 0 Å². The van der Waals surface area contributed by atoms with Crippen molar-refractivity contribution in [2.24, 2.45) is 0 Å². The second-order valence-electron chi connectivity index (χ2n) is 6.28. The van der Waals surface area contributed by atoms with Crippen molar-refractivity contribution in [2.45, 2.75) is 38.8 Å². The molecule has 0 amide bonds. The number of carboxylic acid groups (broad SMARTS) is 1. The highest BCUT2D eigenvalue weighted by Gasteiger charge is 2.19. The summed E-state index contributed by atoms with van der Waals surface area (Å²) >= 11 is 0. The molecule has 0 spiro atoms. The van der Waals surface area contributed by atoms with Crippen LogP contribution in [0.5, 0.6) is 5.75 Å². The van der Waals surface area contributed by atoms with Gasteiger partial charge in [0.15, 0.2) is 5.78 Å². The minimum Gasteiger partial charge on any atom is -0.508 e. The minimum absolute atomic E-state index is 0.00185. The molecule has 122 valence electrons. The maximum absolute atomic E-state index is 11.8. The van der Waals surface area contributed by atoms with E-state index in [1.54, 1.807) is 12.1 Å². The first-order valence-electron chi connectivity index (χ1n) is 7.18. The minimum atomic E-state index is -1.01. The predicted octanol–water partition coefficient (Wildman–Crippen LogP) is 0.935. The van der Waals surface area contributed by atoms with Crippen LogP contribution < -0.4 is 10.6 Å². The highest BCUT2D eigenvalue weighted by Crippen LogP contribution is 2.11. The molecule has 0 heterocycles. The monoisotopic (exact) mass is 308 g/mol. The molecule has 1 rings (SSSR count). The van der Waals surface area contributed by atoms with E-state index in [1.165, 1.54) is 12.1 Å². The second-order valence-corrected chi connectivity index (χ2v) is 6.28. The summed E-state index contributed by atoms with van der Waals surface area (Å²) in [5.74, 6) is -0.969. The molecule has 1 aromatic rings. The van der Waals surface area contributed by atoms with Crippen LogP contribution in [0.25, 0.3) is 0 Å². The van der Waals surface area contributed by atoms with Gasteiger partial charge in [-0.2, -0.15) is 0 Å². The Morgan fingerprint density at radius 3 is 2.23 bits per heavy atom. The molecule has 22 heavy (non-hydrogen) atoms. The van der Waals surface area contributed by atoms with Gasteiger partial charge >= 0.3 is 5.97 Å². The van der Waals surface area contributed by atoms with E-state index in [1.807, 2.05) is 20.8 Å². The maximum Gasteiger partial charge on any atom is 0.321 e. The van der Waals surface area contributed by atoms with Crippen LogP contribution in [0, 0.1) is 0 Å². The van der Waals surface area contributed by atoms with Gasteiger partial charge < -0.3 is 15.5 Å². The van der Waals surface area contributed by atoms with Crippen molar-refractivity contribution in [2.75, 3.05) is 13.1 Å². The first-order valence-corrected chi connectivity index (χ1v) is 7.18. The zero-order valence-electron chi connectivity index (χ0n) is 13.2. The van der Waals surface area contributed by atoms with Gasteiger partial charge in [-0.15, -0.1) is 0 Å². The molecule has 0 fully saturated rings. The van der Waals surface area contributed by atoms with Crippen LogP contribution in [0.2, 0.25) is 0 Å². The Hall–Kier alpha value is -1.92. The third kappa shape index (κ3) is 7.19. The van der Waals surface area contributed by atoms with Gasteiger partial charge in [0, 0.05) is 5.54 Å². The van der Waals surface area contributed by atoms with Crippen molar-refractivity contribution in [1.29, 1.82) is 0 Å². The molecule has 0 aliphatic rings. The van der Waals surface area contributed by atoms with Crippen molar-refractivity contribution in [3.05, 3.63) is 29.8 Å². The number of carbonyl (C=O) groups excluding carboxylic acids is 1. The van der Waals surface area contributed by atoms with Crippen LogP contribution in [0.3, 0.4) is 0 Å². The van der Waals surface area contributed by atoms with Crippen molar-refractivity contribution in [3.63, 3.8) is 0 Å². The summed E-state index contributed by atoms with van der Waals surface area (Å²) in [7, 11) is 0. The van der Waals surface area contributed by atoms with Gasteiger partial charge in [-0.1, -0.05) is 12.1 Å². The van der Waals surface area contributed by atoms with Crippen molar-refractivity contribution in [1.82, 2.24) is 10.6 Å². The normalized spacial score (nSPS) is 12.9. The Balaban J connectivity index is 2.49. The van der Waals surface area contributed by atoms with E-state index in [2.05, 4.69) is 10.6 Å². The number of aromatic hydroxyl groups is 1. The number of carboxylic acids is 1. The number of ketones is 1. The molecule has 0 radical (unpaired) electrons. The Morgan fingerprint density at radius 2 is 1.73 bits per heavy atom. The van der Waals surface area contributed by atoms with Gasteiger partial charge in [-0.25, -0.2) is 0 Å². The first-order chi connectivity index (χ1) is 10.2. The van der Waals surface area contributed by atoms with E-state index in [-0.39, 0.29) is 36.6 Å². The summed E-state index contributed by atoms with van der Waals surface area (Å²) < 4.78 is 0. The van der Waals surface area contributed by atoms with Gasteiger partial charge in [-0.3, -0.25) is 14.9 Å². The van der Waals surface area contributed by atoms with Crippen LogP contribution in [0.1, 0.15) is 26.3 Å². The summed E-state index contributed by atoms with van der Waals surface area (Å²) in [6.07, 6.45) is 0.246. The zero-order chi connectivity index (χ0) is 16.8. The van der Waals surface area contributed by atoms with Gasteiger partial charge in [0.05, 0.1) is 13.1 Å². The molecule has 1 aromatic carbocycles. The van der Waals surface area contributed by atoms with E-state index >= 15 is 0 Å². The molecule has 1 atom stereocenters. The van der Waals surface area contributed by atoms with E-state index in [9.17, 15) is 19.8 Å². The summed E-state index contributed by atoms with van der Waals surface area (Å²) in [5.41, 5.74) is 0.617. The summed E-state index contributed by atoms with van der Waals surface area (Å²) in [4.78, 5) is 23.0. The van der Waals surface area contributed by atoms with Crippen molar-refractivity contribution in [3.8, 4) is 5.75 Å². The summed E-state index contributed by atoms with van der Waals surface area (Å²) in [6, 6.07) is 5.49. The lowest BCUT2D eigenvalue weighted by Gasteiger charge is -2.20. The molecule has 0 saturated carbocycles. The lowest BCUT2D eigenvalue weighted by Crippen LogP contribution is -2.45. The average Bonchev–Trinajstić information content (AvgIpc) is 2.42. The number of hydrogen-bond acceptors (Lipinski definition) is 5. The van der Waals surface area contributed by atoms with Crippen LogP contribution in [0.15, 0.2) is 24.3 Å². The number of benzene rings is 1. The number of rotatable bonds is 8. The SMILES string of the molecule is CC(C)(C)NCC(=O)CN[C@@H](Cc1ccc(O)cc1)C(=O)O. The lowest BCUT2D eigenvalue weighted by atomic mass is 10.1. The number of phenolic OH excluding ortho intramolecular Hbond substituents is 1. The van der Waals surface area contributed by atoms with E-state index in [0.717, 1.165) is 5.56 Å². The third-order valence-corrected chi connectivity index (χ3v) is 3.04. The number of aliphatic carboxylic acids is 1. The zero-order valence-corrected chi connectivity index (χ0v) is 13.2. The van der Waals surface area contributed by atoms with E-state index < -0.39 is 12.0 Å². The van der Waals surface area contributed by atoms with Crippen LogP contribution in [-0.4, -0.2) is 46.6 Å². The Morgan fingerprint density at radius 1 is 1.14 bits per heavy atom. The van der Waals surface area contributed by atoms with E-state index in [0.29, 0.717) is 0 Å². The van der Waals surface area contributed by atoms with Crippen LogP contribution >= 0.6 is 0 Å². The number of phenols is 1. The fraction of sp³-hybridized carbons (Fsp3) is 0.500. The van der Waals surface area contributed by atoms with Gasteiger partial charge in [-0.05, 0) is 44.9 Å². The fourth-order valence-electron chi connectivity index (χ4n) is 1.78. The molecular formula is C16H24N2O4. The smallest absolute Gasteiger partial charge is 0.321 e. The van der Waals surface area contributed by atoms with Crippen molar-refractivity contribution < 1.29 is 19.8 Å². The highest BCUT2D eigenvalue weighted by atomic mass is 16.4. The molecule has 0 aliphatic heterocycles. The Labute approximate surface area is 130 Å². The quantitative estimate of drug-likeness (QED) is 0.570. The molecule has 0 unspecified atom stereocenters. The van der Waals surface area contributed by atoms with E-state index in [4.69, 9.17) is 0 Å². The second kappa shape index (κ2) is 7.91. The number of nitrogens with one attached hydrogen (secondary N) is 2. The lowest BCUT2D eigenvalue weighted by molar-refractivity contribution is -0.139. The Bertz CT molecular complexity index is 506. The average molecular weight is 308 g/mol. The number of carbonyl (C=O) groups is 2. The molecule has 4 N–H and O–H groups in total. The largest absolute Gasteiger partial charge is 0.508 e.